The summed E-state index contributed by atoms with van der Waals surface area (Å²) in [6.45, 7) is 9.50. The Labute approximate surface area is 183 Å². The van der Waals surface area contributed by atoms with Gasteiger partial charge in [0, 0.05) is 11.1 Å². The zero-order valence-electron chi connectivity index (χ0n) is 18.3. The maximum Gasteiger partial charge on any atom is 0.333 e. The normalized spacial score (nSPS) is 10.6. The molecule has 1 N–H and O–H groups in total. The zero-order chi connectivity index (χ0) is 22.4. The smallest absolute Gasteiger partial charge is 0.333 e. The molecule has 0 unspecified atom stereocenters. The second-order valence-electron chi connectivity index (χ2n) is 7.54. The fraction of sp³-hybridized carbons (Fsp3) is 0.222. The number of aliphatic hydroxyl groups excluding tert-OH is 1. The van der Waals surface area contributed by atoms with E-state index in [1.54, 1.807) is 6.92 Å². The van der Waals surface area contributed by atoms with E-state index < -0.39 is 5.97 Å². The largest absolute Gasteiger partial charge is 0.491 e. The Kier molecular flexibility index (Phi) is 7.27. The van der Waals surface area contributed by atoms with E-state index in [-0.39, 0.29) is 19.8 Å². The van der Waals surface area contributed by atoms with Gasteiger partial charge in [-0.1, -0.05) is 61.2 Å². The van der Waals surface area contributed by atoms with Crippen molar-refractivity contribution in [3.63, 3.8) is 0 Å². The molecular weight excluding hydrogens is 388 g/mol. The average Bonchev–Trinajstić information content (AvgIpc) is 2.77. The van der Waals surface area contributed by atoms with Crippen LogP contribution in [0, 0.1) is 13.8 Å². The highest BCUT2D eigenvalue weighted by Gasteiger charge is 2.16. The lowest BCUT2D eigenvalue weighted by Gasteiger charge is -2.18. The molecular formula is C27H28O4. The van der Waals surface area contributed by atoms with Gasteiger partial charge in [0.05, 0.1) is 6.61 Å². The van der Waals surface area contributed by atoms with E-state index in [1.165, 1.54) is 5.56 Å². The van der Waals surface area contributed by atoms with Crippen molar-refractivity contribution in [1.29, 1.82) is 0 Å². The molecule has 0 amide bonds. The topological polar surface area (TPSA) is 55.8 Å². The molecule has 0 radical (unpaired) electrons. The molecule has 0 bridgehead atoms. The van der Waals surface area contributed by atoms with E-state index in [4.69, 9.17) is 14.6 Å². The van der Waals surface area contributed by atoms with Gasteiger partial charge in [-0.05, 0) is 60.2 Å². The van der Waals surface area contributed by atoms with Gasteiger partial charge in [0.25, 0.3) is 0 Å². The minimum Gasteiger partial charge on any atom is -0.491 e. The van der Waals surface area contributed by atoms with Gasteiger partial charge < -0.3 is 14.6 Å². The molecule has 0 saturated heterocycles. The van der Waals surface area contributed by atoms with Crippen LogP contribution in [0.2, 0.25) is 0 Å². The van der Waals surface area contributed by atoms with Crippen LogP contribution in [-0.4, -0.2) is 24.3 Å². The molecule has 3 aromatic rings. The van der Waals surface area contributed by atoms with Crippen LogP contribution >= 0.6 is 0 Å². The third-order valence-electron chi connectivity index (χ3n) is 5.22. The first kappa shape index (κ1) is 22.3. The quantitative estimate of drug-likeness (QED) is 0.382. The van der Waals surface area contributed by atoms with E-state index in [0.717, 1.165) is 33.4 Å². The standard InChI is InChI=1S/C27H28O4/c1-18(2)27(29)31-17-25-20(4)24(12-13-26(25)30-15-14-28)23-11-10-22(16-19(23)3)21-8-6-5-7-9-21/h5-13,16,28H,1,14-15,17H2,2-4H3. The predicted molar refractivity (Wildman–Crippen MR) is 124 cm³/mol. The van der Waals surface area contributed by atoms with Crippen molar-refractivity contribution in [3.05, 3.63) is 89.5 Å². The van der Waals surface area contributed by atoms with Gasteiger partial charge in [-0.2, -0.15) is 0 Å². The Hall–Kier alpha value is -3.37. The molecule has 4 nitrogen and oxygen atoms in total. The summed E-state index contributed by atoms with van der Waals surface area (Å²) in [6, 6.07) is 20.6. The summed E-state index contributed by atoms with van der Waals surface area (Å²) in [5.74, 6) is 0.157. The number of rotatable bonds is 8. The molecule has 0 spiro atoms. The van der Waals surface area contributed by atoms with Gasteiger partial charge in [-0.25, -0.2) is 4.79 Å². The maximum absolute atomic E-state index is 11.9. The van der Waals surface area contributed by atoms with E-state index >= 15 is 0 Å². The Balaban J connectivity index is 2.00. The van der Waals surface area contributed by atoms with Gasteiger partial charge in [0.15, 0.2) is 0 Å². The third kappa shape index (κ3) is 5.22. The van der Waals surface area contributed by atoms with Crippen molar-refractivity contribution in [3.8, 4) is 28.0 Å². The third-order valence-corrected chi connectivity index (χ3v) is 5.22. The first-order valence-electron chi connectivity index (χ1n) is 10.3. The van der Waals surface area contributed by atoms with Gasteiger partial charge in [0.2, 0.25) is 0 Å². The minimum absolute atomic E-state index is 0.0767. The summed E-state index contributed by atoms with van der Waals surface area (Å²) >= 11 is 0. The summed E-state index contributed by atoms with van der Waals surface area (Å²) in [6.07, 6.45) is 0. The first-order chi connectivity index (χ1) is 14.9. The summed E-state index contributed by atoms with van der Waals surface area (Å²) in [7, 11) is 0. The predicted octanol–water partition coefficient (Wildman–Crippen LogP) is 5.63. The molecule has 0 aliphatic carbocycles. The van der Waals surface area contributed by atoms with Crippen molar-refractivity contribution in [2.24, 2.45) is 0 Å². The SMILES string of the molecule is C=C(C)C(=O)OCc1c(OCCO)ccc(-c2ccc(-c3ccccc3)cc2C)c1C. The molecule has 160 valence electrons. The second kappa shape index (κ2) is 10.1. The van der Waals surface area contributed by atoms with Crippen LogP contribution in [0.5, 0.6) is 5.75 Å². The van der Waals surface area contributed by atoms with Crippen LogP contribution in [0.1, 0.15) is 23.6 Å². The highest BCUT2D eigenvalue weighted by molar-refractivity contribution is 5.87. The lowest BCUT2D eigenvalue weighted by atomic mass is 9.91. The number of aliphatic hydroxyl groups is 1. The summed E-state index contributed by atoms with van der Waals surface area (Å²) in [5, 5.41) is 9.15. The number of benzene rings is 3. The van der Waals surface area contributed by atoms with Crippen molar-refractivity contribution >= 4 is 5.97 Å². The van der Waals surface area contributed by atoms with Crippen LogP contribution in [0.25, 0.3) is 22.3 Å². The van der Waals surface area contributed by atoms with Crippen molar-refractivity contribution < 1.29 is 19.4 Å². The van der Waals surface area contributed by atoms with Gasteiger partial charge >= 0.3 is 5.97 Å². The lowest BCUT2D eigenvalue weighted by Crippen LogP contribution is -2.10. The van der Waals surface area contributed by atoms with Gasteiger partial charge in [0.1, 0.15) is 19.0 Å². The van der Waals surface area contributed by atoms with Crippen LogP contribution < -0.4 is 4.74 Å². The number of aryl methyl sites for hydroxylation is 1. The lowest BCUT2D eigenvalue weighted by molar-refractivity contribution is -0.140. The summed E-state index contributed by atoms with van der Waals surface area (Å²) < 4.78 is 11.1. The zero-order valence-corrected chi connectivity index (χ0v) is 18.3. The molecule has 0 aliphatic heterocycles. The fourth-order valence-electron chi connectivity index (χ4n) is 3.53. The minimum atomic E-state index is -0.443. The number of hydrogen-bond acceptors (Lipinski definition) is 4. The van der Waals surface area contributed by atoms with E-state index in [0.29, 0.717) is 11.3 Å². The van der Waals surface area contributed by atoms with E-state index in [2.05, 4.69) is 43.8 Å². The van der Waals surface area contributed by atoms with E-state index in [1.807, 2.05) is 37.3 Å². The number of carbonyl (C=O) groups excluding carboxylic acids is 1. The van der Waals surface area contributed by atoms with Crippen molar-refractivity contribution in [2.75, 3.05) is 13.2 Å². The Morgan fingerprint density at radius 2 is 1.68 bits per heavy atom. The number of carbonyl (C=O) groups is 1. The fourth-order valence-corrected chi connectivity index (χ4v) is 3.53. The molecule has 3 aromatic carbocycles. The first-order valence-corrected chi connectivity index (χ1v) is 10.3. The van der Waals surface area contributed by atoms with Crippen LogP contribution in [0.3, 0.4) is 0 Å². The average molecular weight is 417 g/mol. The number of ether oxygens (including phenoxy) is 2. The molecule has 31 heavy (non-hydrogen) atoms. The van der Waals surface area contributed by atoms with Crippen LogP contribution in [0.4, 0.5) is 0 Å². The molecule has 0 fully saturated rings. The van der Waals surface area contributed by atoms with E-state index in [9.17, 15) is 4.79 Å². The Bertz CT molecular complexity index is 1080. The molecule has 0 aliphatic rings. The maximum atomic E-state index is 11.9. The summed E-state index contributed by atoms with van der Waals surface area (Å²) in [5.41, 5.74) is 7.75. The molecule has 0 saturated carbocycles. The van der Waals surface area contributed by atoms with Gasteiger partial charge in [-0.3, -0.25) is 0 Å². The van der Waals surface area contributed by atoms with Crippen LogP contribution in [-0.2, 0) is 16.1 Å². The van der Waals surface area contributed by atoms with Gasteiger partial charge in [-0.15, -0.1) is 0 Å². The Morgan fingerprint density at radius 3 is 2.32 bits per heavy atom. The Morgan fingerprint density at radius 1 is 0.968 bits per heavy atom. The molecule has 0 heterocycles. The monoisotopic (exact) mass is 416 g/mol. The highest BCUT2D eigenvalue weighted by atomic mass is 16.5. The number of hydrogen-bond donors (Lipinski definition) is 1. The number of esters is 1. The highest BCUT2D eigenvalue weighted by Crippen LogP contribution is 2.35. The molecule has 3 rings (SSSR count). The molecule has 0 aromatic heterocycles. The van der Waals surface area contributed by atoms with Crippen molar-refractivity contribution in [1.82, 2.24) is 0 Å². The second-order valence-corrected chi connectivity index (χ2v) is 7.54. The summed E-state index contributed by atoms with van der Waals surface area (Å²) in [4.78, 5) is 11.9. The van der Waals surface area contributed by atoms with Crippen molar-refractivity contribution in [2.45, 2.75) is 27.4 Å². The molecule has 4 heteroatoms. The molecule has 0 atom stereocenters. The van der Waals surface area contributed by atoms with Crippen LogP contribution in [0.15, 0.2) is 72.8 Å².